The number of ether oxygens (including phenoxy) is 2. The molecule has 1 saturated carbocycles. The van der Waals surface area contributed by atoms with Crippen LogP contribution in [-0.4, -0.2) is 34.6 Å². The van der Waals surface area contributed by atoms with Gasteiger partial charge in [0, 0.05) is 5.75 Å². The maximum atomic E-state index is 11.9. The summed E-state index contributed by atoms with van der Waals surface area (Å²) in [5.74, 6) is 0.309. The lowest BCUT2D eigenvalue weighted by molar-refractivity contribution is -0.159. The fraction of sp³-hybridized carbons (Fsp3) is 0.800. The monoisotopic (exact) mass is 224 g/mol. The second-order valence-electron chi connectivity index (χ2n) is 5.12. The molecule has 15 heavy (non-hydrogen) atoms. The highest BCUT2D eigenvalue weighted by atomic mass is 32.2. The number of hydrogen-bond acceptors (Lipinski definition) is 5. The first-order valence-corrected chi connectivity index (χ1v) is 6.26. The molecule has 5 aliphatic rings. The second-order valence-corrected chi connectivity index (χ2v) is 6.31. The van der Waals surface area contributed by atoms with Crippen LogP contribution in [0.25, 0.3) is 0 Å². The maximum absolute atomic E-state index is 11.9. The molecule has 4 nitrogen and oxygen atoms in total. The summed E-state index contributed by atoms with van der Waals surface area (Å²) in [4.78, 5) is 23.7. The van der Waals surface area contributed by atoms with E-state index < -0.39 is 10.2 Å². The third-order valence-corrected chi connectivity index (χ3v) is 7.07. The SMILES string of the molecule is O=C1OC(=O)C23C4CCC(O4)C24CSC143. The molecular formula is C10H8O4S. The Kier molecular flexibility index (Phi) is 0.849. The first-order chi connectivity index (χ1) is 7.22. The Balaban J connectivity index is 1.86. The standard InChI is InChI=1S/C10H8O4S/c11-6-9-5-2-1-4(13-5)8(9)3-15-10(8,9)7(12)14-6/h4-5H,1-3H2. The van der Waals surface area contributed by atoms with Gasteiger partial charge in [0.1, 0.15) is 10.2 Å². The molecule has 2 bridgehead atoms. The van der Waals surface area contributed by atoms with Crippen LogP contribution in [0.3, 0.4) is 0 Å². The van der Waals surface area contributed by atoms with E-state index in [0.717, 1.165) is 18.6 Å². The van der Waals surface area contributed by atoms with Crippen molar-refractivity contribution >= 4 is 23.7 Å². The van der Waals surface area contributed by atoms with Crippen LogP contribution in [0.2, 0.25) is 0 Å². The lowest BCUT2D eigenvalue weighted by atomic mass is 9.80. The van der Waals surface area contributed by atoms with Gasteiger partial charge in [-0.2, -0.15) is 0 Å². The van der Waals surface area contributed by atoms with Crippen molar-refractivity contribution in [3.63, 3.8) is 0 Å². The largest absolute Gasteiger partial charge is 0.391 e. The summed E-state index contributed by atoms with van der Waals surface area (Å²) in [6.45, 7) is 0. The Labute approximate surface area is 89.7 Å². The molecule has 0 aromatic heterocycles. The Bertz CT molecular complexity index is 462. The summed E-state index contributed by atoms with van der Waals surface area (Å²) in [5.41, 5.74) is -0.718. The van der Waals surface area contributed by atoms with Gasteiger partial charge in [0.25, 0.3) is 0 Å². The van der Waals surface area contributed by atoms with Crippen molar-refractivity contribution in [1.29, 1.82) is 0 Å². The zero-order valence-corrected chi connectivity index (χ0v) is 8.63. The van der Waals surface area contributed by atoms with E-state index in [-0.39, 0.29) is 29.6 Å². The van der Waals surface area contributed by atoms with Crippen LogP contribution < -0.4 is 0 Å². The number of fused-ring (bicyclic) bond motifs is 2. The van der Waals surface area contributed by atoms with Gasteiger partial charge in [-0.15, -0.1) is 11.8 Å². The van der Waals surface area contributed by atoms with Crippen LogP contribution in [0.15, 0.2) is 0 Å². The fourth-order valence-electron chi connectivity index (χ4n) is 4.75. The minimum absolute atomic E-state index is 0.0450. The molecule has 5 fully saturated rings. The Hall–Kier alpha value is -0.550. The summed E-state index contributed by atoms with van der Waals surface area (Å²) in [5, 5.41) is 0. The van der Waals surface area contributed by atoms with Crippen LogP contribution in [0.1, 0.15) is 12.8 Å². The minimum Gasteiger partial charge on any atom is -0.391 e. The van der Waals surface area contributed by atoms with Gasteiger partial charge in [0.05, 0.1) is 17.6 Å². The van der Waals surface area contributed by atoms with Crippen molar-refractivity contribution in [3.05, 3.63) is 0 Å². The molecule has 78 valence electrons. The van der Waals surface area contributed by atoms with Crippen LogP contribution in [-0.2, 0) is 19.1 Å². The summed E-state index contributed by atoms with van der Waals surface area (Å²) in [6.07, 6.45) is 2.02. The van der Waals surface area contributed by atoms with E-state index in [1.807, 2.05) is 0 Å². The molecule has 4 heterocycles. The van der Waals surface area contributed by atoms with E-state index in [2.05, 4.69) is 0 Å². The maximum Gasteiger partial charge on any atom is 0.331 e. The number of esters is 2. The summed E-state index contributed by atoms with van der Waals surface area (Å²) in [7, 11) is 0. The van der Waals surface area contributed by atoms with Crippen molar-refractivity contribution in [3.8, 4) is 0 Å². The van der Waals surface area contributed by atoms with E-state index in [1.165, 1.54) is 0 Å². The summed E-state index contributed by atoms with van der Waals surface area (Å²) in [6, 6.07) is 0. The van der Waals surface area contributed by atoms with Crippen molar-refractivity contribution < 1.29 is 19.1 Å². The van der Waals surface area contributed by atoms with Crippen molar-refractivity contribution in [2.75, 3.05) is 5.75 Å². The number of hydrogen-bond donors (Lipinski definition) is 0. The molecule has 0 radical (unpaired) electrons. The van der Waals surface area contributed by atoms with Crippen molar-refractivity contribution in [2.24, 2.45) is 10.8 Å². The Morgan fingerprint density at radius 1 is 1.20 bits per heavy atom. The fourth-order valence-corrected chi connectivity index (χ4v) is 6.93. The normalized spacial score (nSPS) is 66.9. The highest BCUT2D eigenvalue weighted by Gasteiger charge is 3.09. The molecule has 4 aliphatic heterocycles. The first kappa shape index (κ1) is 7.68. The first-order valence-electron chi connectivity index (χ1n) is 5.28. The van der Waals surface area contributed by atoms with Gasteiger partial charge in [0.15, 0.2) is 0 Å². The second kappa shape index (κ2) is 1.66. The number of rotatable bonds is 0. The van der Waals surface area contributed by atoms with Gasteiger partial charge in [0.2, 0.25) is 0 Å². The molecule has 3 spiro atoms. The van der Waals surface area contributed by atoms with Crippen molar-refractivity contribution in [1.82, 2.24) is 0 Å². The quantitative estimate of drug-likeness (QED) is 0.431. The highest BCUT2D eigenvalue weighted by molar-refractivity contribution is 8.03. The summed E-state index contributed by atoms with van der Waals surface area (Å²) < 4.78 is 10.1. The van der Waals surface area contributed by atoms with Gasteiger partial charge in [-0.05, 0) is 12.8 Å². The number of carbonyl (C=O) groups excluding carboxylic acids is 2. The van der Waals surface area contributed by atoms with E-state index in [9.17, 15) is 9.59 Å². The van der Waals surface area contributed by atoms with Crippen molar-refractivity contribution in [2.45, 2.75) is 29.8 Å². The van der Waals surface area contributed by atoms with E-state index in [4.69, 9.17) is 9.47 Å². The number of carbonyl (C=O) groups is 2. The highest BCUT2D eigenvalue weighted by Crippen LogP contribution is 2.96. The van der Waals surface area contributed by atoms with Gasteiger partial charge in [-0.1, -0.05) is 0 Å². The molecule has 0 aromatic carbocycles. The lowest BCUT2D eigenvalue weighted by Crippen LogP contribution is -2.45. The lowest BCUT2D eigenvalue weighted by Gasteiger charge is -2.35. The zero-order valence-electron chi connectivity index (χ0n) is 7.82. The molecule has 0 N–H and O–H groups in total. The third kappa shape index (κ3) is 0.376. The number of cyclic esters (lactones) is 2. The smallest absolute Gasteiger partial charge is 0.331 e. The molecule has 0 amide bonds. The van der Waals surface area contributed by atoms with Crippen LogP contribution >= 0.6 is 11.8 Å². The van der Waals surface area contributed by atoms with Gasteiger partial charge in [-0.3, -0.25) is 4.79 Å². The average Bonchev–Trinajstić information content (AvgIpc) is 2.63. The molecular weight excluding hydrogens is 216 g/mol. The molecule has 0 aromatic rings. The Morgan fingerprint density at radius 3 is 2.67 bits per heavy atom. The molecule has 5 heteroatoms. The van der Waals surface area contributed by atoms with Gasteiger partial charge < -0.3 is 9.47 Å². The topological polar surface area (TPSA) is 52.6 Å². The van der Waals surface area contributed by atoms with Crippen LogP contribution in [0.5, 0.6) is 0 Å². The third-order valence-electron chi connectivity index (χ3n) is 5.19. The van der Waals surface area contributed by atoms with Gasteiger partial charge >= 0.3 is 11.9 Å². The molecule has 5 rings (SSSR count). The predicted molar refractivity (Wildman–Crippen MR) is 49.0 cm³/mol. The van der Waals surface area contributed by atoms with Gasteiger partial charge in [-0.25, -0.2) is 4.79 Å². The summed E-state index contributed by atoms with van der Waals surface area (Å²) >= 11 is 1.61. The van der Waals surface area contributed by atoms with E-state index in [0.29, 0.717) is 0 Å². The van der Waals surface area contributed by atoms with Crippen LogP contribution in [0, 0.1) is 10.8 Å². The predicted octanol–water partition coefficient (Wildman–Crippen LogP) is 0.103. The zero-order chi connectivity index (χ0) is 10.1. The van der Waals surface area contributed by atoms with E-state index >= 15 is 0 Å². The molecule has 5 atom stereocenters. The van der Waals surface area contributed by atoms with E-state index in [1.54, 1.807) is 11.8 Å². The molecule has 4 saturated heterocycles. The molecule has 5 unspecified atom stereocenters. The minimum atomic E-state index is -0.565. The average molecular weight is 224 g/mol. The van der Waals surface area contributed by atoms with Crippen LogP contribution in [0.4, 0.5) is 0 Å². The Morgan fingerprint density at radius 2 is 2.00 bits per heavy atom. The molecule has 1 aliphatic carbocycles. The number of thioether (sulfide) groups is 1.